The van der Waals surface area contributed by atoms with Crippen molar-refractivity contribution in [3.8, 4) is 5.69 Å². The number of nitrogen functional groups attached to an aromatic ring is 1. The molecule has 3 N–H and O–H groups in total. The second-order valence-electron chi connectivity index (χ2n) is 7.81. The highest BCUT2D eigenvalue weighted by atomic mass is 16.5. The number of hydrogen-bond donors (Lipinski definition) is 2. The highest BCUT2D eigenvalue weighted by Gasteiger charge is 2.26. The van der Waals surface area contributed by atoms with Gasteiger partial charge >= 0.3 is 0 Å². The average Bonchev–Trinajstić information content (AvgIpc) is 3.41. The Bertz CT molecular complexity index is 1270. The van der Waals surface area contributed by atoms with Crippen molar-refractivity contribution in [2.24, 2.45) is 0 Å². The van der Waals surface area contributed by atoms with Crippen molar-refractivity contribution in [1.29, 1.82) is 0 Å². The molecule has 7 heteroatoms. The van der Waals surface area contributed by atoms with Crippen LogP contribution in [0.5, 0.6) is 0 Å². The van der Waals surface area contributed by atoms with E-state index in [9.17, 15) is 4.79 Å². The summed E-state index contributed by atoms with van der Waals surface area (Å²) in [6.45, 7) is 3.29. The predicted octanol–water partition coefficient (Wildman–Crippen LogP) is 3.63. The molecule has 0 radical (unpaired) electrons. The van der Waals surface area contributed by atoms with Crippen molar-refractivity contribution in [1.82, 2.24) is 19.9 Å². The van der Waals surface area contributed by atoms with Gasteiger partial charge in [-0.25, -0.2) is 9.97 Å². The van der Waals surface area contributed by atoms with Crippen LogP contribution < -0.4 is 11.1 Å². The molecule has 31 heavy (non-hydrogen) atoms. The van der Waals surface area contributed by atoms with Gasteiger partial charge in [0.25, 0.3) is 5.91 Å². The zero-order chi connectivity index (χ0) is 21.4. The second kappa shape index (κ2) is 8.00. The van der Waals surface area contributed by atoms with Gasteiger partial charge in [0.15, 0.2) is 5.65 Å². The summed E-state index contributed by atoms with van der Waals surface area (Å²) in [6.07, 6.45) is 2.85. The summed E-state index contributed by atoms with van der Waals surface area (Å²) in [4.78, 5) is 22.9. The molecule has 0 bridgehead atoms. The lowest BCUT2D eigenvalue weighted by molar-refractivity contribution is 0.0859. The standard InChI is InChI=1S/C24H25N5O2/c1-2-15-8-3-6-12-19(15)29-22(25)20(24(30)26-14-16-9-7-13-31-16)21-23(29)28-18-11-5-4-10-17(18)27-21/h3-6,8,10-12,16H,2,7,9,13-14,25H2,1H3,(H,26,30). The molecule has 2 aromatic heterocycles. The molecule has 1 atom stereocenters. The Labute approximate surface area is 180 Å². The molecule has 1 unspecified atom stereocenters. The summed E-state index contributed by atoms with van der Waals surface area (Å²) in [7, 11) is 0. The van der Waals surface area contributed by atoms with Crippen molar-refractivity contribution < 1.29 is 9.53 Å². The summed E-state index contributed by atoms with van der Waals surface area (Å²) in [5.74, 6) is 0.0892. The third-order valence-electron chi connectivity index (χ3n) is 5.85. The number of nitrogens with two attached hydrogens (primary N) is 1. The van der Waals surface area contributed by atoms with Crippen molar-refractivity contribution >= 4 is 33.9 Å². The van der Waals surface area contributed by atoms with E-state index in [0.29, 0.717) is 29.1 Å². The summed E-state index contributed by atoms with van der Waals surface area (Å²) in [6, 6.07) is 15.7. The molecular formula is C24H25N5O2. The molecule has 0 aliphatic carbocycles. The van der Waals surface area contributed by atoms with Crippen LogP contribution in [0.15, 0.2) is 48.5 Å². The highest BCUT2D eigenvalue weighted by molar-refractivity contribution is 6.11. The van der Waals surface area contributed by atoms with Crippen LogP contribution in [-0.4, -0.2) is 39.7 Å². The van der Waals surface area contributed by atoms with Gasteiger partial charge in [-0.3, -0.25) is 9.36 Å². The number of benzene rings is 2. The molecule has 2 aromatic carbocycles. The third-order valence-corrected chi connectivity index (χ3v) is 5.85. The number of ether oxygens (including phenoxy) is 1. The summed E-state index contributed by atoms with van der Waals surface area (Å²) >= 11 is 0. The first-order valence-corrected chi connectivity index (χ1v) is 10.7. The first-order valence-electron chi connectivity index (χ1n) is 10.7. The number of hydrogen-bond acceptors (Lipinski definition) is 5. The molecule has 158 valence electrons. The minimum atomic E-state index is -0.254. The maximum absolute atomic E-state index is 13.2. The van der Waals surface area contributed by atoms with Gasteiger partial charge < -0.3 is 15.8 Å². The lowest BCUT2D eigenvalue weighted by Gasteiger charge is -2.13. The largest absolute Gasteiger partial charge is 0.384 e. The molecule has 5 rings (SSSR count). The second-order valence-corrected chi connectivity index (χ2v) is 7.81. The van der Waals surface area contributed by atoms with E-state index in [4.69, 9.17) is 20.4 Å². The van der Waals surface area contributed by atoms with Gasteiger partial charge in [-0.2, -0.15) is 0 Å². The molecule has 1 aliphatic heterocycles. The van der Waals surface area contributed by atoms with Crippen molar-refractivity contribution in [3.63, 3.8) is 0 Å². The van der Waals surface area contributed by atoms with Gasteiger partial charge in [0, 0.05) is 13.2 Å². The maximum Gasteiger partial charge on any atom is 0.257 e. The number of para-hydroxylation sites is 3. The van der Waals surface area contributed by atoms with Crippen LogP contribution in [0.25, 0.3) is 27.9 Å². The monoisotopic (exact) mass is 415 g/mol. The number of carbonyl (C=O) groups excluding carboxylic acids is 1. The van der Waals surface area contributed by atoms with E-state index in [1.165, 1.54) is 0 Å². The average molecular weight is 415 g/mol. The normalized spacial score (nSPS) is 16.2. The Morgan fingerprint density at radius 2 is 1.90 bits per heavy atom. The zero-order valence-electron chi connectivity index (χ0n) is 17.5. The Morgan fingerprint density at radius 1 is 1.16 bits per heavy atom. The van der Waals surface area contributed by atoms with Crippen LogP contribution in [0.4, 0.5) is 5.82 Å². The van der Waals surface area contributed by atoms with Gasteiger partial charge in [-0.05, 0) is 43.0 Å². The molecule has 1 aliphatic rings. The van der Waals surface area contributed by atoms with E-state index < -0.39 is 0 Å². The van der Waals surface area contributed by atoms with Crippen LogP contribution in [0, 0.1) is 0 Å². The topological polar surface area (TPSA) is 95.1 Å². The van der Waals surface area contributed by atoms with Crippen LogP contribution in [0.3, 0.4) is 0 Å². The highest BCUT2D eigenvalue weighted by Crippen LogP contribution is 2.32. The number of nitrogens with one attached hydrogen (secondary N) is 1. The molecule has 0 spiro atoms. The fourth-order valence-electron chi connectivity index (χ4n) is 4.26. The Kier molecular flexibility index (Phi) is 5.03. The maximum atomic E-state index is 13.2. The quantitative estimate of drug-likeness (QED) is 0.519. The third kappa shape index (κ3) is 3.41. The number of rotatable bonds is 5. The molecule has 0 saturated carbocycles. The van der Waals surface area contributed by atoms with Crippen molar-refractivity contribution in [3.05, 3.63) is 59.7 Å². The fourth-order valence-corrected chi connectivity index (χ4v) is 4.26. The van der Waals surface area contributed by atoms with Gasteiger partial charge in [-0.15, -0.1) is 0 Å². The van der Waals surface area contributed by atoms with Crippen molar-refractivity contribution in [2.45, 2.75) is 32.3 Å². The molecule has 1 amide bonds. The number of aromatic nitrogens is 3. The van der Waals surface area contributed by atoms with Crippen molar-refractivity contribution in [2.75, 3.05) is 18.9 Å². The predicted molar refractivity (Wildman–Crippen MR) is 121 cm³/mol. The number of nitrogens with zero attached hydrogens (tertiary/aromatic N) is 3. The molecule has 1 saturated heterocycles. The van der Waals surface area contributed by atoms with E-state index in [0.717, 1.165) is 48.2 Å². The SMILES string of the molecule is CCc1ccccc1-n1c(N)c(C(=O)NCC2CCCO2)c2nc3ccccc3nc21. The Balaban J connectivity index is 1.69. The van der Waals surface area contributed by atoms with E-state index in [1.807, 2.05) is 47.0 Å². The minimum absolute atomic E-state index is 0.0475. The van der Waals surface area contributed by atoms with E-state index >= 15 is 0 Å². The zero-order valence-corrected chi connectivity index (χ0v) is 17.5. The fraction of sp³-hybridized carbons (Fsp3) is 0.292. The van der Waals surface area contributed by atoms with Crippen LogP contribution in [0.2, 0.25) is 0 Å². The lowest BCUT2D eigenvalue weighted by atomic mass is 10.1. The van der Waals surface area contributed by atoms with E-state index in [2.05, 4.69) is 18.3 Å². The number of fused-ring (bicyclic) bond motifs is 2. The first kappa shape index (κ1) is 19.5. The lowest BCUT2D eigenvalue weighted by Crippen LogP contribution is -2.32. The van der Waals surface area contributed by atoms with Crippen LogP contribution >= 0.6 is 0 Å². The van der Waals surface area contributed by atoms with Gasteiger partial charge in [0.05, 0.1) is 22.8 Å². The summed E-state index contributed by atoms with van der Waals surface area (Å²) < 4.78 is 7.50. The Hall–Kier alpha value is -3.45. The molecular weight excluding hydrogens is 390 g/mol. The summed E-state index contributed by atoms with van der Waals surface area (Å²) in [5.41, 5.74) is 11.6. The van der Waals surface area contributed by atoms with Gasteiger partial charge in [0.2, 0.25) is 0 Å². The molecule has 7 nitrogen and oxygen atoms in total. The number of amides is 1. The Morgan fingerprint density at radius 3 is 2.65 bits per heavy atom. The van der Waals surface area contributed by atoms with Gasteiger partial charge in [-0.1, -0.05) is 37.3 Å². The molecule has 1 fully saturated rings. The number of carbonyl (C=O) groups is 1. The van der Waals surface area contributed by atoms with Crippen LogP contribution in [-0.2, 0) is 11.2 Å². The summed E-state index contributed by atoms with van der Waals surface area (Å²) in [5, 5.41) is 2.99. The first-order chi connectivity index (χ1) is 15.2. The number of aryl methyl sites for hydroxylation is 1. The number of anilines is 1. The minimum Gasteiger partial charge on any atom is -0.384 e. The van der Waals surface area contributed by atoms with Crippen LogP contribution in [0.1, 0.15) is 35.7 Å². The van der Waals surface area contributed by atoms with E-state index in [1.54, 1.807) is 0 Å². The molecule has 3 heterocycles. The molecule has 4 aromatic rings. The van der Waals surface area contributed by atoms with Gasteiger partial charge in [0.1, 0.15) is 16.9 Å². The van der Waals surface area contributed by atoms with E-state index in [-0.39, 0.29) is 12.0 Å². The smallest absolute Gasteiger partial charge is 0.257 e.